The summed E-state index contributed by atoms with van der Waals surface area (Å²) in [6, 6.07) is 7.28. The van der Waals surface area contributed by atoms with E-state index in [4.69, 9.17) is 9.40 Å². The first-order valence-corrected chi connectivity index (χ1v) is 11.7. The Morgan fingerprint density at radius 3 is 2.88 bits per heavy atom. The highest BCUT2D eigenvalue weighted by Gasteiger charge is 2.33. The first kappa shape index (κ1) is 21.4. The topological polar surface area (TPSA) is 99.5 Å². The van der Waals surface area contributed by atoms with E-state index in [2.05, 4.69) is 4.98 Å². The van der Waals surface area contributed by atoms with Gasteiger partial charge in [-0.2, -0.15) is 0 Å². The number of aryl methyl sites for hydroxylation is 1. The molecule has 1 aromatic carbocycles. The smallest absolute Gasteiger partial charge is 0.290 e. The number of carbonyl (C=O) groups is 2. The van der Waals surface area contributed by atoms with Crippen LogP contribution in [0.4, 0.5) is 0 Å². The summed E-state index contributed by atoms with van der Waals surface area (Å²) in [5.74, 6) is 0.641. The maximum absolute atomic E-state index is 13.5. The number of hydrogen-bond acceptors (Lipinski definition) is 5. The fourth-order valence-electron chi connectivity index (χ4n) is 4.92. The van der Waals surface area contributed by atoms with Crippen molar-refractivity contribution in [3.05, 3.63) is 63.0 Å². The third-order valence-corrected chi connectivity index (χ3v) is 6.71. The number of fused-ring (bicyclic) bond motifs is 2. The zero-order valence-electron chi connectivity index (χ0n) is 19.0. The van der Waals surface area contributed by atoms with Crippen LogP contribution in [0, 0.1) is 6.92 Å². The number of amides is 2. The Bertz CT molecular complexity index is 1290. The van der Waals surface area contributed by atoms with Crippen LogP contribution in [0.15, 0.2) is 33.5 Å². The SMILES string of the molecule is CCC(=O)N1CCc2c(nc([C@H]3CCCCN3C(=O)c3cc4cc(C)ccc4o3)[nH]c2=O)C1. The van der Waals surface area contributed by atoms with Crippen molar-refractivity contribution >= 4 is 22.8 Å². The summed E-state index contributed by atoms with van der Waals surface area (Å²) in [6.07, 6.45) is 3.46. The molecule has 172 valence electrons. The molecule has 8 nitrogen and oxygen atoms in total. The molecule has 1 fully saturated rings. The average molecular weight is 449 g/mol. The van der Waals surface area contributed by atoms with Gasteiger partial charge in [0.05, 0.1) is 18.3 Å². The summed E-state index contributed by atoms with van der Waals surface area (Å²) in [5.41, 5.74) is 2.89. The number of furan rings is 1. The maximum Gasteiger partial charge on any atom is 0.290 e. The number of aromatic nitrogens is 2. The molecule has 0 bridgehead atoms. The minimum absolute atomic E-state index is 0.0545. The Kier molecular flexibility index (Phi) is 5.52. The van der Waals surface area contributed by atoms with Crippen LogP contribution >= 0.6 is 0 Å². The number of nitrogens with one attached hydrogen (secondary N) is 1. The van der Waals surface area contributed by atoms with Gasteiger partial charge in [0.15, 0.2) is 5.76 Å². The van der Waals surface area contributed by atoms with Gasteiger partial charge in [-0.15, -0.1) is 0 Å². The van der Waals surface area contributed by atoms with Gasteiger partial charge >= 0.3 is 0 Å². The fourth-order valence-corrected chi connectivity index (χ4v) is 4.92. The maximum atomic E-state index is 13.5. The van der Waals surface area contributed by atoms with E-state index in [0.29, 0.717) is 67.3 Å². The molecule has 0 spiro atoms. The van der Waals surface area contributed by atoms with E-state index in [1.54, 1.807) is 15.9 Å². The molecule has 1 atom stereocenters. The Labute approximate surface area is 191 Å². The molecule has 4 heterocycles. The molecular weight excluding hydrogens is 420 g/mol. The number of likely N-dealkylation sites (tertiary alicyclic amines) is 1. The van der Waals surface area contributed by atoms with Gasteiger partial charge in [-0.3, -0.25) is 14.4 Å². The summed E-state index contributed by atoms with van der Waals surface area (Å²) < 4.78 is 5.86. The summed E-state index contributed by atoms with van der Waals surface area (Å²) >= 11 is 0. The van der Waals surface area contributed by atoms with E-state index >= 15 is 0 Å². The average Bonchev–Trinajstić information content (AvgIpc) is 3.26. The molecule has 0 saturated carbocycles. The van der Waals surface area contributed by atoms with Crippen LogP contribution < -0.4 is 5.56 Å². The van der Waals surface area contributed by atoms with Crippen LogP contribution in [0.1, 0.15) is 71.8 Å². The number of H-pyrrole nitrogens is 1. The Morgan fingerprint density at radius 1 is 1.21 bits per heavy atom. The van der Waals surface area contributed by atoms with Gasteiger partial charge < -0.3 is 19.2 Å². The number of aromatic amines is 1. The van der Waals surface area contributed by atoms with Crippen molar-refractivity contribution in [1.82, 2.24) is 19.8 Å². The molecule has 2 aromatic heterocycles. The highest BCUT2D eigenvalue weighted by atomic mass is 16.3. The predicted molar refractivity (Wildman–Crippen MR) is 123 cm³/mol. The van der Waals surface area contributed by atoms with Crippen LogP contribution in [0.2, 0.25) is 0 Å². The summed E-state index contributed by atoms with van der Waals surface area (Å²) in [6.45, 7) is 5.27. The number of hydrogen-bond donors (Lipinski definition) is 1. The predicted octanol–water partition coefficient (Wildman–Crippen LogP) is 3.49. The first-order chi connectivity index (χ1) is 15.9. The second kappa shape index (κ2) is 8.50. The van der Waals surface area contributed by atoms with Crippen molar-refractivity contribution in [1.29, 1.82) is 0 Å². The summed E-state index contributed by atoms with van der Waals surface area (Å²) in [5, 5.41) is 0.896. The zero-order valence-corrected chi connectivity index (χ0v) is 19.0. The van der Waals surface area contributed by atoms with Crippen molar-refractivity contribution in [2.45, 2.75) is 58.5 Å². The fraction of sp³-hybridized carbons (Fsp3) is 0.440. The molecule has 2 aliphatic heterocycles. The van der Waals surface area contributed by atoms with E-state index in [-0.39, 0.29) is 23.4 Å². The van der Waals surface area contributed by atoms with E-state index < -0.39 is 0 Å². The van der Waals surface area contributed by atoms with Crippen LogP contribution in [0.3, 0.4) is 0 Å². The normalized spacial score (nSPS) is 18.4. The molecule has 3 aromatic rings. The Balaban J connectivity index is 1.47. The number of benzene rings is 1. The molecule has 8 heteroatoms. The van der Waals surface area contributed by atoms with Gasteiger partial charge in [0.1, 0.15) is 11.4 Å². The van der Waals surface area contributed by atoms with Crippen LogP contribution in [-0.4, -0.2) is 44.7 Å². The van der Waals surface area contributed by atoms with Gasteiger partial charge in [-0.25, -0.2) is 4.98 Å². The standard InChI is InChI=1S/C25H28N4O4/c1-3-22(30)28-11-9-17-18(14-28)26-23(27-24(17)31)19-6-4-5-10-29(19)25(32)21-13-16-12-15(2)7-8-20(16)33-21/h7-8,12-13,19H,3-6,9-11,14H2,1-2H3,(H,26,27,31)/t19-/m1/s1. The Morgan fingerprint density at radius 2 is 2.06 bits per heavy atom. The molecule has 33 heavy (non-hydrogen) atoms. The molecule has 1 N–H and O–H groups in total. The lowest BCUT2D eigenvalue weighted by molar-refractivity contribution is -0.131. The molecule has 2 amide bonds. The number of piperidine rings is 1. The highest BCUT2D eigenvalue weighted by Crippen LogP contribution is 2.32. The second-order valence-electron chi connectivity index (χ2n) is 8.96. The summed E-state index contributed by atoms with van der Waals surface area (Å²) in [7, 11) is 0. The molecule has 5 rings (SSSR count). The number of nitrogens with zero attached hydrogens (tertiary/aromatic N) is 3. The van der Waals surface area contributed by atoms with Crippen molar-refractivity contribution in [2.75, 3.05) is 13.1 Å². The van der Waals surface area contributed by atoms with Crippen molar-refractivity contribution < 1.29 is 14.0 Å². The van der Waals surface area contributed by atoms with Crippen molar-refractivity contribution in [2.24, 2.45) is 0 Å². The first-order valence-electron chi connectivity index (χ1n) is 11.7. The highest BCUT2D eigenvalue weighted by molar-refractivity contribution is 5.96. The van der Waals surface area contributed by atoms with Gasteiger partial charge in [-0.1, -0.05) is 18.6 Å². The van der Waals surface area contributed by atoms with E-state index in [9.17, 15) is 14.4 Å². The number of carbonyl (C=O) groups excluding carboxylic acids is 2. The largest absolute Gasteiger partial charge is 0.451 e. The Hall–Kier alpha value is -3.42. The molecular formula is C25H28N4O4. The minimum atomic E-state index is -0.337. The third-order valence-electron chi connectivity index (χ3n) is 6.71. The van der Waals surface area contributed by atoms with E-state index in [1.165, 1.54) is 0 Å². The van der Waals surface area contributed by atoms with Gasteiger partial charge in [0, 0.05) is 30.5 Å². The van der Waals surface area contributed by atoms with Crippen LogP contribution in [0.25, 0.3) is 11.0 Å². The second-order valence-corrected chi connectivity index (χ2v) is 8.96. The molecule has 1 saturated heterocycles. The van der Waals surface area contributed by atoms with Gasteiger partial charge in [-0.05, 0) is 50.8 Å². The van der Waals surface area contributed by atoms with E-state index in [0.717, 1.165) is 23.8 Å². The molecule has 0 radical (unpaired) electrons. The van der Waals surface area contributed by atoms with Crippen molar-refractivity contribution in [3.8, 4) is 0 Å². The molecule has 2 aliphatic rings. The lowest BCUT2D eigenvalue weighted by atomic mass is 9.99. The lowest BCUT2D eigenvalue weighted by Gasteiger charge is -2.35. The van der Waals surface area contributed by atoms with Crippen LogP contribution in [-0.2, 0) is 17.8 Å². The quantitative estimate of drug-likeness (QED) is 0.661. The zero-order chi connectivity index (χ0) is 23.1. The lowest BCUT2D eigenvalue weighted by Crippen LogP contribution is -2.42. The van der Waals surface area contributed by atoms with Gasteiger partial charge in [0.25, 0.3) is 11.5 Å². The minimum Gasteiger partial charge on any atom is -0.451 e. The van der Waals surface area contributed by atoms with Gasteiger partial charge in [0.2, 0.25) is 5.91 Å². The van der Waals surface area contributed by atoms with Crippen molar-refractivity contribution in [3.63, 3.8) is 0 Å². The molecule has 0 unspecified atom stereocenters. The van der Waals surface area contributed by atoms with Crippen LogP contribution in [0.5, 0.6) is 0 Å². The monoisotopic (exact) mass is 448 g/mol. The summed E-state index contributed by atoms with van der Waals surface area (Å²) in [4.78, 5) is 49.7. The molecule has 0 aliphatic carbocycles. The number of rotatable bonds is 3. The third kappa shape index (κ3) is 3.94. The van der Waals surface area contributed by atoms with E-state index in [1.807, 2.05) is 32.0 Å².